The number of hydrogen-bond acceptors (Lipinski definition) is 3. The molecule has 0 aliphatic carbocycles. The van der Waals surface area contributed by atoms with Gasteiger partial charge >= 0.3 is 0 Å². The van der Waals surface area contributed by atoms with Crippen molar-refractivity contribution in [3.8, 4) is 0 Å². The molecule has 1 fully saturated rings. The smallest absolute Gasteiger partial charge is 0.239 e. The Bertz CT molecular complexity index is 244. The summed E-state index contributed by atoms with van der Waals surface area (Å²) in [5.41, 5.74) is 6.00. The molecule has 1 amide bonds. The van der Waals surface area contributed by atoms with Crippen molar-refractivity contribution < 1.29 is 9.53 Å². The fourth-order valence-electron chi connectivity index (χ4n) is 2.35. The highest BCUT2D eigenvalue weighted by Crippen LogP contribution is 2.18. The lowest BCUT2D eigenvalue weighted by molar-refractivity contribution is -0.136. The fourth-order valence-corrected chi connectivity index (χ4v) is 2.35. The monoisotopic (exact) mass is 242 g/mol. The minimum Gasteiger partial charge on any atom is -0.384 e. The molecule has 17 heavy (non-hydrogen) atoms. The van der Waals surface area contributed by atoms with Crippen molar-refractivity contribution in [1.29, 1.82) is 0 Å². The lowest BCUT2D eigenvalue weighted by Crippen LogP contribution is -2.50. The summed E-state index contributed by atoms with van der Waals surface area (Å²) in [7, 11) is 1.71. The predicted molar refractivity (Wildman–Crippen MR) is 68.6 cm³/mol. The Labute approximate surface area is 104 Å². The number of hydrogen-bond donors (Lipinski definition) is 1. The lowest BCUT2D eigenvalue weighted by atomic mass is 9.95. The van der Waals surface area contributed by atoms with Gasteiger partial charge in [0, 0.05) is 20.2 Å². The van der Waals surface area contributed by atoms with E-state index in [4.69, 9.17) is 10.5 Å². The summed E-state index contributed by atoms with van der Waals surface area (Å²) < 4.78 is 5.17. The van der Waals surface area contributed by atoms with Gasteiger partial charge in [0.1, 0.15) is 0 Å². The molecule has 3 unspecified atom stereocenters. The number of nitrogens with two attached hydrogens (primary N) is 1. The lowest BCUT2D eigenvalue weighted by Gasteiger charge is -2.35. The first-order valence-electron chi connectivity index (χ1n) is 6.63. The first kappa shape index (κ1) is 14.5. The van der Waals surface area contributed by atoms with Crippen molar-refractivity contribution in [2.24, 2.45) is 17.6 Å². The van der Waals surface area contributed by atoms with Gasteiger partial charge < -0.3 is 15.4 Å². The van der Waals surface area contributed by atoms with Crippen LogP contribution in [0.15, 0.2) is 0 Å². The Kier molecular flexibility index (Phi) is 5.92. The predicted octanol–water partition coefficient (Wildman–Crippen LogP) is 1.24. The van der Waals surface area contributed by atoms with E-state index in [0.29, 0.717) is 5.92 Å². The largest absolute Gasteiger partial charge is 0.384 e. The van der Waals surface area contributed by atoms with Crippen molar-refractivity contribution in [2.75, 3.05) is 26.8 Å². The molecule has 0 aromatic rings. The number of rotatable bonds is 5. The van der Waals surface area contributed by atoms with Crippen molar-refractivity contribution >= 4 is 5.91 Å². The standard InChI is InChI=1S/C13H26N2O2/c1-4-10(2)12(14)13(16)15-7-5-6-11(8-15)9-17-3/h10-12H,4-9,14H2,1-3H3. The molecule has 4 heteroatoms. The summed E-state index contributed by atoms with van der Waals surface area (Å²) in [6.07, 6.45) is 3.16. The summed E-state index contributed by atoms with van der Waals surface area (Å²) in [4.78, 5) is 14.1. The molecule has 4 nitrogen and oxygen atoms in total. The highest BCUT2D eigenvalue weighted by atomic mass is 16.5. The van der Waals surface area contributed by atoms with Crippen molar-refractivity contribution in [3.05, 3.63) is 0 Å². The van der Waals surface area contributed by atoms with Crippen LogP contribution in [0.3, 0.4) is 0 Å². The molecule has 1 aliphatic heterocycles. The van der Waals surface area contributed by atoms with E-state index in [2.05, 4.69) is 6.92 Å². The molecule has 1 aliphatic rings. The van der Waals surface area contributed by atoms with Crippen molar-refractivity contribution in [3.63, 3.8) is 0 Å². The van der Waals surface area contributed by atoms with E-state index in [-0.39, 0.29) is 17.9 Å². The third kappa shape index (κ3) is 3.96. The van der Waals surface area contributed by atoms with Crippen LogP contribution in [-0.4, -0.2) is 43.7 Å². The van der Waals surface area contributed by atoms with Crippen LogP contribution < -0.4 is 5.73 Å². The van der Waals surface area contributed by atoms with Crippen LogP contribution in [0.2, 0.25) is 0 Å². The molecule has 0 saturated carbocycles. The summed E-state index contributed by atoms with van der Waals surface area (Å²) in [5, 5.41) is 0. The summed E-state index contributed by atoms with van der Waals surface area (Å²) in [6.45, 7) is 6.50. The van der Waals surface area contributed by atoms with E-state index >= 15 is 0 Å². The molecule has 0 bridgehead atoms. The van der Waals surface area contributed by atoms with Crippen molar-refractivity contribution in [2.45, 2.75) is 39.2 Å². The van der Waals surface area contributed by atoms with E-state index < -0.39 is 0 Å². The van der Waals surface area contributed by atoms with E-state index in [1.54, 1.807) is 7.11 Å². The van der Waals surface area contributed by atoms with E-state index in [1.807, 2.05) is 11.8 Å². The first-order valence-corrected chi connectivity index (χ1v) is 6.63. The van der Waals surface area contributed by atoms with Gasteiger partial charge in [-0.1, -0.05) is 20.3 Å². The average molecular weight is 242 g/mol. The Morgan fingerprint density at radius 2 is 2.29 bits per heavy atom. The number of nitrogens with zero attached hydrogens (tertiary/aromatic N) is 1. The van der Waals surface area contributed by atoms with Crippen molar-refractivity contribution in [1.82, 2.24) is 4.90 Å². The van der Waals surface area contributed by atoms with Gasteiger partial charge in [0.05, 0.1) is 12.6 Å². The van der Waals surface area contributed by atoms with Gasteiger partial charge in [-0.15, -0.1) is 0 Å². The zero-order chi connectivity index (χ0) is 12.8. The maximum atomic E-state index is 12.2. The number of ether oxygens (including phenoxy) is 1. The third-order valence-electron chi connectivity index (χ3n) is 3.78. The molecule has 100 valence electrons. The number of piperidine rings is 1. The van der Waals surface area contributed by atoms with E-state index in [0.717, 1.165) is 39.0 Å². The molecule has 1 rings (SSSR count). The molecule has 2 N–H and O–H groups in total. The van der Waals surface area contributed by atoms with Crippen LogP contribution >= 0.6 is 0 Å². The molecular weight excluding hydrogens is 216 g/mol. The number of carbonyl (C=O) groups excluding carboxylic acids is 1. The van der Waals surface area contributed by atoms with Gasteiger partial charge in [-0.25, -0.2) is 0 Å². The summed E-state index contributed by atoms with van der Waals surface area (Å²) >= 11 is 0. The summed E-state index contributed by atoms with van der Waals surface area (Å²) in [6, 6.07) is -0.346. The highest BCUT2D eigenvalue weighted by Gasteiger charge is 2.29. The minimum absolute atomic E-state index is 0.111. The maximum Gasteiger partial charge on any atom is 0.239 e. The second-order valence-corrected chi connectivity index (χ2v) is 5.16. The highest BCUT2D eigenvalue weighted by molar-refractivity contribution is 5.82. The number of amides is 1. The molecule has 1 saturated heterocycles. The molecule has 0 spiro atoms. The topological polar surface area (TPSA) is 55.6 Å². The normalized spacial score (nSPS) is 24.5. The Balaban J connectivity index is 2.51. The summed E-state index contributed by atoms with van der Waals surface area (Å²) in [5.74, 6) is 0.840. The van der Waals surface area contributed by atoms with Crippen LogP contribution in [0.5, 0.6) is 0 Å². The van der Waals surface area contributed by atoms with Crippen LogP contribution in [0.1, 0.15) is 33.1 Å². The van der Waals surface area contributed by atoms with Gasteiger partial charge in [0.25, 0.3) is 0 Å². The third-order valence-corrected chi connectivity index (χ3v) is 3.78. The zero-order valence-corrected chi connectivity index (χ0v) is 11.3. The quantitative estimate of drug-likeness (QED) is 0.789. The number of likely N-dealkylation sites (tertiary alicyclic amines) is 1. The van der Waals surface area contributed by atoms with Gasteiger partial charge in [0.15, 0.2) is 0 Å². The maximum absolute atomic E-state index is 12.2. The second-order valence-electron chi connectivity index (χ2n) is 5.16. The van der Waals surface area contributed by atoms with Crippen LogP contribution in [-0.2, 0) is 9.53 Å². The Morgan fingerprint density at radius 3 is 2.88 bits per heavy atom. The average Bonchev–Trinajstić information content (AvgIpc) is 2.36. The van der Waals surface area contributed by atoms with E-state index in [1.165, 1.54) is 0 Å². The molecule has 1 heterocycles. The van der Waals surface area contributed by atoms with Crippen LogP contribution in [0.4, 0.5) is 0 Å². The van der Waals surface area contributed by atoms with Gasteiger partial charge in [-0.3, -0.25) is 4.79 Å². The van der Waals surface area contributed by atoms with Crippen LogP contribution in [0.25, 0.3) is 0 Å². The molecule has 0 radical (unpaired) electrons. The van der Waals surface area contributed by atoms with E-state index in [9.17, 15) is 4.79 Å². The fraction of sp³-hybridized carbons (Fsp3) is 0.923. The number of methoxy groups -OCH3 is 1. The Morgan fingerprint density at radius 1 is 1.59 bits per heavy atom. The molecular formula is C13H26N2O2. The zero-order valence-electron chi connectivity index (χ0n) is 11.3. The van der Waals surface area contributed by atoms with Gasteiger partial charge in [0.2, 0.25) is 5.91 Å². The molecule has 0 aromatic heterocycles. The molecule has 0 aromatic carbocycles. The van der Waals surface area contributed by atoms with Gasteiger partial charge in [-0.05, 0) is 24.7 Å². The second kappa shape index (κ2) is 6.97. The number of carbonyl (C=O) groups is 1. The van der Waals surface area contributed by atoms with Gasteiger partial charge in [-0.2, -0.15) is 0 Å². The van der Waals surface area contributed by atoms with Crippen LogP contribution in [0, 0.1) is 11.8 Å². The minimum atomic E-state index is -0.346. The molecule has 3 atom stereocenters. The first-order chi connectivity index (χ1) is 8.10. The Hall–Kier alpha value is -0.610. The SMILES string of the molecule is CCC(C)C(N)C(=O)N1CCCC(COC)C1.